The van der Waals surface area contributed by atoms with E-state index in [9.17, 15) is 0 Å². The molecule has 4 heteroatoms. The lowest BCUT2D eigenvalue weighted by molar-refractivity contribution is 0.744. The molecular formula is C11H14N4. The van der Waals surface area contributed by atoms with Crippen molar-refractivity contribution in [2.45, 2.75) is 6.42 Å². The summed E-state index contributed by atoms with van der Waals surface area (Å²) in [5, 5.41) is 4.30. The molecule has 2 N–H and O–H groups in total. The maximum Gasteiger partial charge on any atom is 0.158 e. The average Bonchev–Trinajstić information content (AvgIpc) is 2.61. The zero-order chi connectivity index (χ0) is 10.7. The zero-order valence-electron chi connectivity index (χ0n) is 8.72. The second-order valence-electron chi connectivity index (χ2n) is 3.38. The molecule has 0 amide bonds. The van der Waals surface area contributed by atoms with E-state index >= 15 is 0 Å². The standard InChI is InChI=1S/C11H14N4/c1-15-11(9-5-3-2-4-6-9)13-10(14-15)7-8-12/h2-6H,7-8,12H2,1H3. The van der Waals surface area contributed by atoms with Crippen molar-refractivity contribution in [2.24, 2.45) is 12.8 Å². The Morgan fingerprint density at radius 1 is 1.27 bits per heavy atom. The van der Waals surface area contributed by atoms with Gasteiger partial charge in [0.05, 0.1) is 0 Å². The van der Waals surface area contributed by atoms with Gasteiger partial charge in [0, 0.05) is 19.0 Å². The molecule has 0 spiro atoms. The molecule has 0 saturated carbocycles. The normalized spacial score (nSPS) is 10.5. The number of aromatic nitrogens is 3. The van der Waals surface area contributed by atoms with E-state index in [-0.39, 0.29) is 0 Å². The minimum absolute atomic E-state index is 0.582. The number of rotatable bonds is 3. The first-order valence-corrected chi connectivity index (χ1v) is 4.96. The molecular weight excluding hydrogens is 188 g/mol. The second kappa shape index (κ2) is 4.23. The van der Waals surface area contributed by atoms with Crippen molar-refractivity contribution in [2.75, 3.05) is 6.54 Å². The highest BCUT2D eigenvalue weighted by Gasteiger charge is 2.07. The molecule has 0 atom stereocenters. The summed E-state index contributed by atoms with van der Waals surface area (Å²) in [6.45, 7) is 0.582. The number of benzene rings is 1. The largest absolute Gasteiger partial charge is 0.330 e. The highest BCUT2D eigenvalue weighted by atomic mass is 15.3. The molecule has 0 bridgehead atoms. The van der Waals surface area contributed by atoms with Gasteiger partial charge in [-0.1, -0.05) is 30.3 Å². The van der Waals surface area contributed by atoms with Gasteiger partial charge in [-0.3, -0.25) is 0 Å². The van der Waals surface area contributed by atoms with Crippen LogP contribution in [0.25, 0.3) is 11.4 Å². The molecule has 4 nitrogen and oxygen atoms in total. The number of aryl methyl sites for hydroxylation is 1. The van der Waals surface area contributed by atoms with Crippen LogP contribution in [0, 0.1) is 0 Å². The molecule has 0 aliphatic heterocycles. The molecule has 0 fully saturated rings. The highest BCUT2D eigenvalue weighted by Crippen LogP contribution is 2.15. The van der Waals surface area contributed by atoms with Crippen LogP contribution >= 0.6 is 0 Å². The predicted molar refractivity (Wildman–Crippen MR) is 59.2 cm³/mol. The minimum Gasteiger partial charge on any atom is -0.330 e. The van der Waals surface area contributed by atoms with E-state index in [2.05, 4.69) is 10.1 Å². The van der Waals surface area contributed by atoms with Gasteiger partial charge in [0.15, 0.2) is 11.6 Å². The van der Waals surface area contributed by atoms with E-state index in [0.717, 1.165) is 23.6 Å². The van der Waals surface area contributed by atoms with Crippen LogP contribution in [0.2, 0.25) is 0 Å². The monoisotopic (exact) mass is 202 g/mol. The predicted octanol–water partition coefficient (Wildman–Crippen LogP) is 0.983. The van der Waals surface area contributed by atoms with Crippen LogP contribution in [-0.4, -0.2) is 21.3 Å². The Morgan fingerprint density at radius 2 is 2.00 bits per heavy atom. The lowest BCUT2D eigenvalue weighted by Crippen LogP contribution is -2.04. The SMILES string of the molecule is Cn1nc(CCN)nc1-c1ccccc1. The molecule has 1 heterocycles. The summed E-state index contributed by atoms with van der Waals surface area (Å²) in [6.07, 6.45) is 0.723. The lowest BCUT2D eigenvalue weighted by Gasteiger charge is -1.97. The smallest absolute Gasteiger partial charge is 0.158 e. The Morgan fingerprint density at radius 3 is 2.67 bits per heavy atom. The van der Waals surface area contributed by atoms with Crippen molar-refractivity contribution in [3.8, 4) is 11.4 Å². The topological polar surface area (TPSA) is 56.7 Å². The van der Waals surface area contributed by atoms with Crippen molar-refractivity contribution >= 4 is 0 Å². The van der Waals surface area contributed by atoms with Crippen molar-refractivity contribution < 1.29 is 0 Å². The first-order valence-electron chi connectivity index (χ1n) is 4.96. The number of hydrogen-bond donors (Lipinski definition) is 1. The van der Waals surface area contributed by atoms with Crippen LogP contribution in [0.3, 0.4) is 0 Å². The Hall–Kier alpha value is -1.68. The molecule has 0 aliphatic rings. The fraction of sp³-hybridized carbons (Fsp3) is 0.273. The van der Waals surface area contributed by atoms with E-state index in [1.165, 1.54) is 0 Å². The van der Waals surface area contributed by atoms with Gasteiger partial charge in [0.1, 0.15) is 0 Å². The molecule has 0 unspecified atom stereocenters. The molecule has 78 valence electrons. The molecule has 15 heavy (non-hydrogen) atoms. The number of nitrogens with zero attached hydrogens (tertiary/aromatic N) is 3. The van der Waals surface area contributed by atoms with E-state index in [4.69, 9.17) is 5.73 Å². The summed E-state index contributed by atoms with van der Waals surface area (Å²) in [4.78, 5) is 4.44. The van der Waals surface area contributed by atoms with Crippen molar-refractivity contribution in [3.05, 3.63) is 36.2 Å². The fourth-order valence-electron chi connectivity index (χ4n) is 1.51. The molecule has 2 rings (SSSR count). The molecule has 1 aromatic heterocycles. The third kappa shape index (κ3) is 2.05. The molecule has 0 radical (unpaired) electrons. The first-order chi connectivity index (χ1) is 7.31. The lowest BCUT2D eigenvalue weighted by atomic mass is 10.2. The third-order valence-electron chi connectivity index (χ3n) is 2.21. The summed E-state index contributed by atoms with van der Waals surface area (Å²) in [7, 11) is 1.90. The fourth-order valence-corrected chi connectivity index (χ4v) is 1.51. The van der Waals surface area contributed by atoms with Gasteiger partial charge in [0.2, 0.25) is 0 Å². The number of hydrogen-bond acceptors (Lipinski definition) is 3. The highest BCUT2D eigenvalue weighted by molar-refractivity contribution is 5.54. The van der Waals surface area contributed by atoms with Gasteiger partial charge >= 0.3 is 0 Å². The molecule has 2 aromatic rings. The quantitative estimate of drug-likeness (QED) is 0.807. The van der Waals surface area contributed by atoms with E-state index in [0.29, 0.717) is 6.54 Å². The Kier molecular flexibility index (Phi) is 2.78. The van der Waals surface area contributed by atoms with Crippen molar-refractivity contribution in [1.82, 2.24) is 14.8 Å². The van der Waals surface area contributed by atoms with Crippen molar-refractivity contribution in [3.63, 3.8) is 0 Å². The summed E-state index contributed by atoms with van der Waals surface area (Å²) in [5.41, 5.74) is 6.55. The third-order valence-corrected chi connectivity index (χ3v) is 2.21. The summed E-state index contributed by atoms with van der Waals surface area (Å²) >= 11 is 0. The number of nitrogens with two attached hydrogens (primary N) is 1. The van der Waals surface area contributed by atoms with E-state index in [1.54, 1.807) is 4.68 Å². The van der Waals surface area contributed by atoms with Crippen LogP contribution < -0.4 is 5.73 Å². The first kappa shape index (κ1) is 9.86. The Balaban J connectivity index is 2.36. The Bertz CT molecular complexity index is 433. The van der Waals surface area contributed by atoms with Gasteiger partial charge in [-0.05, 0) is 6.54 Å². The molecule has 1 aromatic carbocycles. The van der Waals surface area contributed by atoms with Gasteiger partial charge in [-0.25, -0.2) is 9.67 Å². The van der Waals surface area contributed by atoms with Crippen LogP contribution in [-0.2, 0) is 13.5 Å². The summed E-state index contributed by atoms with van der Waals surface area (Å²) < 4.78 is 1.79. The van der Waals surface area contributed by atoms with Crippen LogP contribution in [0.1, 0.15) is 5.82 Å². The maximum absolute atomic E-state index is 5.47. The summed E-state index contributed by atoms with van der Waals surface area (Å²) in [5.74, 6) is 1.69. The van der Waals surface area contributed by atoms with Gasteiger partial charge in [0.25, 0.3) is 0 Å². The van der Waals surface area contributed by atoms with Crippen molar-refractivity contribution in [1.29, 1.82) is 0 Å². The van der Waals surface area contributed by atoms with Gasteiger partial charge in [-0.15, -0.1) is 0 Å². The van der Waals surface area contributed by atoms with E-state index < -0.39 is 0 Å². The minimum atomic E-state index is 0.582. The average molecular weight is 202 g/mol. The zero-order valence-corrected chi connectivity index (χ0v) is 8.72. The maximum atomic E-state index is 5.47. The molecule has 0 saturated heterocycles. The summed E-state index contributed by atoms with van der Waals surface area (Å²) in [6, 6.07) is 10.0. The van der Waals surface area contributed by atoms with Crippen LogP contribution in [0.5, 0.6) is 0 Å². The Labute approximate surface area is 88.8 Å². The van der Waals surface area contributed by atoms with Gasteiger partial charge in [-0.2, -0.15) is 5.10 Å². The second-order valence-corrected chi connectivity index (χ2v) is 3.38. The molecule has 0 aliphatic carbocycles. The van der Waals surface area contributed by atoms with Crippen LogP contribution in [0.15, 0.2) is 30.3 Å². The van der Waals surface area contributed by atoms with Crippen LogP contribution in [0.4, 0.5) is 0 Å². The van der Waals surface area contributed by atoms with E-state index in [1.807, 2.05) is 37.4 Å². The van der Waals surface area contributed by atoms with Gasteiger partial charge < -0.3 is 5.73 Å².